The van der Waals surface area contributed by atoms with Gasteiger partial charge >= 0.3 is 11.8 Å². The summed E-state index contributed by atoms with van der Waals surface area (Å²) in [4.78, 5) is 24.6. The third-order valence-electron chi connectivity index (χ3n) is 3.97. The highest BCUT2D eigenvalue weighted by Crippen LogP contribution is 2.31. The molecule has 2 amide bonds. The lowest BCUT2D eigenvalue weighted by Gasteiger charge is -2.13. The van der Waals surface area contributed by atoms with Crippen LogP contribution in [0.1, 0.15) is 5.56 Å². The van der Waals surface area contributed by atoms with E-state index in [4.69, 9.17) is 16.3 Å². The molecule has 0 aliphatic heterocycles. The highest BCUT2D eigenvalue weighted by Gasteiger charge is 2.18. The van der Waals surface area contributed by atoms with Crippen LogP contribution >= 0.6 is 11.6 Å². The summed E-state index contributed by atoms with van der Waals surface area (Å²) >= 11 is 6.05. The van der Waals surface area contributed by atoms with Crippen molar-refractivity contribution in [1.82, 2.24) is 0 Å². The highest BCUT2D eigenvalue weighted by molar-refractivity contribution is 6.44. The molecule has 6 heteroatoms. The van der Waals surface area contributed by atoms with Gasteiger partial charge in [-0.1, -0.05) is 48.0 Å². The van der Waals surface area contributed by atoms with Gasteiger partial charge in [-0.25, -0.2) is 0 Å². The van der Waals surface area contributed by atoms with Gasteiger partial charge in [0.2, 0.25) is 0 Å². The number of fused-ring (bicyclic) bond motifs is 1. The number of anilines is 2. The van der Waals surface area contributed by atoms with Crippen molar-refractivity contribution < 1.29 is 14.3 Å². The SMILES string of the molecule is COc1cc(Cl)c(C)cc1NC(=O)C(=O)Nc1cccc2ccccc12. The van der Waals surface area contributed by atoms with E-state index in [0.717, 1.165) is 16.3 Å². The summed E-state index contributed by atoms with van der Waals surface area (Å²) in [6.45, 7) is 1.80. The maximum atomic E-state index is 12.3. The zero-order valence-corrected chi connectivity index (χ0v) is 15.1. The Bertz CT molecular complexity index is 996. The van der Waals surface area contributed by atoms with Gasteiger partial charge < -0.3 is 15.4 Å². The number of nitrogens with one attached hydrogen (secondary N) is 2. The van der Waals surface area contributed by atoms with Crippen molar-refractivity contribution in [2.75, 3.05) is 17.7 Å². The second-order valence-corrected chi connectivity index (χ2v) is 6.14. The van der Waals surface area contributed by atoms with E-state index in [1.165, 1.54) is 7.11 Å². The number of methoxy groups -OCH3 is 1. The maximum Gasteiger partial charge on any atom is 0.314 e. The zero-order valence-electron chi connectivity index (χ0n) is 14.3. The molecule has 3 aromatic rings. The van der Waals surface area contributed by atoms with Crippen LogP contribution in [0.4, 0.5) is 11.4 Å². The lowest BCUT2D eigenvalue weighted by molar-refractivity contribution is -0.132. The molecule has 0 aliphatic rings. The normalized spacial score (nSPS) is 10.4. The average molecular weight is 369 g/mol. The predicted molar refractivity (Wildman–Crippen MR) is 104 cm³/mol. The molecule has 5 nitrogen and oxygen atoms in total. The van der Waals surface area contributed by atoms with Crippen LogP contribution in [0.15, 0.2) is 54.6 Å². The van der Waals surface area contributed by atoms with Crippen molar-refractivity contribution in [2.24, 2.45) is 0 Å². The van der Waals surface area contributed by atoms with Gasteiger partial charge in [0.05, 0.1) is 12.8 Å². The number of ether oxygens (including phenoxy) is 1. The van der Waals surface area contributed by atoms with Crippen LogP contribution in [0, 0.1) is 6.92 Å². The molecule has 0 aromatic heterocycles. The minimum Gasteiger partial charge on any atom is -0.495 e. The number of rotatable bonds is 3. The standard InChI is InChI=1S/C20H17ClN2O3/c1-12-10-17(18(26-2)11-15(12)21)23-20(25)19(24)22-16-9-5-7-13-6-3-4-8-14(13)16/h3-11H,1-2H3,(H,22,24)(H,23,25). The first-order valence-corrected chi connectivity index (χ1v) is 8.31. The van der Waals surface area contributed by atoms with Crippen molar-refractivity contribution in [3.63, 3.8) is 0 Å². The van der Waals surface area contributed by atoms with E-state index in [0.29, 0.717) is 22.1 Å². The Balaban J connectivity index is 1.80. The fourth-order valence-corrected chi connectivity index (χ4v) is 2.78. The molecule has 2 N–H and O–H groups in total. The van der Waals surface area contributed by atoms with E-state index in [1.807, 2.05) is 36.4 Å². The molecule has 0 bridgehead atoms. The molecule has 0 unspecified atom stereocenters. The lowest BCUT2D eigenvalue weighted by Crippen LogP contribution is -2.29. The molecule has 3 rings (SSSR count). The van der Waals surface area contributed by atoms with Gasteiger partial charge in [-0.3, -0.25) is 9.59 Å². The molecule has 0 spiro atoms. The van der Waals surface area contributed by atoms with Crippen LogP contribution < -0.4 is 15.4 Å². The van der Waals surface area contributed by atoms with Gasteiger partial charge in [-0.05, 0) is 30.0 Å². The van der Waals surface area contributed by atoms with Gasteiger partial charge in [-0.15, -0.1) is 0 Å². The number of hydrogen-bond acceptors (Lipinski definition) is 3. The second kappa shape index (κ2) is 7.45. The van der Waals surface area contributed by atoms with Gasteiger partial charge in [-0.2, -0.15) is 0 Å². The van der Waals surface area contributed by atoms with E-state index in [2.05, 4.69) is 10.6 Å². The fourth-order valence-electron chi connectivity index (χ4n) is 2.62. The Morgan fingerprint density at radius 3 is 2.31 bits per heavy atom. The Kier molecular flexibility index (Phi) is 5.09. The minimum atomic E-state index is -0.794. The molecule has 0 atom stereocenters. The van der Waals surface area contributed by atoms with Gasteiger partial charge in [0.15, 0.2) is 0 Å². The molecular formula is C20H17ClN2O3. The Hall–Kier alpha value is -3.05. The number of amides is 2. The van der Waals surface area contributed by atoms with Crippen LogP contribution in [0.3, 0.4) is 0 Å². The molecule has 0 aliphatic carbocycles. The molecule has 0 saturated carbocycles. The molecular weight excluding hydrogens is 352 g/mol. The van der Waals surface area contributed by atoms with E-state index in [9.17, 15) is 9.59 Å². The Morgan fingerprint density at radius 1 is 0.923 bits per heavy atom. The van der Waals surface area contributed by atoms with Crippen LogP contribution in [-0.2, 0) is 9.59 Å². The summed E-state index contributed by atoms with van der Waals surface area (Å²) in [5, 5.41) is 7.56. The monoisotopic (exact) mass is 368 g/mol. The molecule has 132 valence electrons. The molecule has 0 fully saturated rings. The highest BCUT2D eigenvalue weighted by atomic mass is 35.5. The third-order valence-corrected chi connectivity index (χ3v) is 4.38. The summed E-state index contributed by atoms with van der Waals surface area (Å²) < 4.78 is 5.21. The van der Waals surface area contributed by atoms with E-state index >= 15 is 0 Å². The Morgan fingerprint density at radius 2 is 1.58 bits per heavy atom. The van der Waals surface area contributed by atoms with Crippen LogP contribution in [0.5, 0.6) is 5.75 Å². The summed E-state index contributed by atoms with van der Waals surface area (Å²) in [5.41, 5.74) is 1.71. The predicted octanol–water partition coefficient (Wildman–Crippen LogP) is 4.39. The number of hydrogen-bond donors (Lipinski definition) is 2. The molecule has 0 heterocycles. The van der Waals surface area contributed by atoms with Crippen LogP contribution in [0.25, 0.3) is 10.8 Å². The Labute approximate surface area is 155 Å². The third kappa shape index (κ3) is 3.63. The second-order valence-electron chi connectivity index (χ2n) is 5.74. The lowest BCUT2D eigenvalue weighted by atomic mass is 10.1. The molecule has 0 radical (unpaired) electrons. The number of halogens is 1. The van der Waals surface area contributed by atoms with Gasteiger partial charge in [0, 0.05) is 22.2 Å². The van der Waals surface area contributed by atoms with Crippen molar-refractivity contribution in [1.29, 1.82) is 0 Å². The molecule has 0 saturated heterocycles. The minimum absolute atomic E-state index is 0.381. The van der Waals surface area contributed by atoms with E-state index in [-0.39, 0.29) is 0 Å². The first kappa shape index (κ1) is 17.8. The summed E-state index contributed by atoms with van der Waals surface area (Å²) in [6, 6.07) is 16.4. The van der Waals surface area contributed by atoms with Crippen molar-refractivity contribution in [2.45, 2.75) is 6.92 Å². The van der Waals surface area contributed by atoms with Crippen LogP contribution in [0.2, 0.25) is 5.02 Å². The largest absolute Gasteiger partial charge is 0.495 e. The van der Waals surface area contributed by atoms with E-state index < -0.39 is 11.8 Å². The summed E-state index contributed by atoms with van der Waals surface area (Å²) in [6.07, 6.45) is 0. The number of aryl methyl sites for hydroxylation is 1. The number of carbonyl (C=O) groups is 2. The smallest absolute Gasteiger partial charge is 0.314 e. The first-order chi connectivity index (χ1) is 12.5. The summed E-state index contributed by atoms with van der Waals surface area (Å²) in [7, 11) is 1.47. The first-order valence-electron chi connectivity index (χ1n) is 7.94. The molecule has 3 aromatic carbocycles. The number of benzene rings is 3. The van der Waals surface area contributed by atoms with Crippen molar-refractivity contribution >= 4 is 45.6 Å². The van der Waals surface area contributed by atoms with E-state index in [1.54, 1.807) is 25.1 Å². The van der Waals surface area contributed by atoms with Crippen molar-refractivity contribution in [3.8, 4) is 5.75 Å². The average Bonchev–Trinajstić information content (AvgIpc) is 2.64. The van der Waals surface area contributed by atoms with Crippen molar-refractivity contribution in [3.05, 3.63) is 65.2 Å². The fraction of sp³-hybridized carbons (Fsp3) is 0.100. The summed E-state index contributed by atoms with van der Waals surface area (Å²) in [5.74, 6) is -1.18. The quantitative estimate of drug-likeness (QED) is 0.674. The topological polar surface area (TPSA) is 67.4 Å². The maximum absolute atomic E-state index is 12.3. The zero-order chi connectivity index (χ0) is 18.7. The van der Waals surface area contributed by atoms with Crippen LogP contribution in [-0.4, -0.2) is 18.9 Å². The van der Waals surface area contributed by atoms with Gasteiger partial charge in [0.1, 0.15) is 5.75 Å². The van der Waals surface area contributed by atoms with Gasteiger partial charge in [0.25, 0.3) is 0 Å². The number of carbonyl (C=O) groups excluding carboxylic acids is 2. The molecule has 26 heavy (non-hydrogen) atoms.